The van der Waals surface area contributed by atoms with Crippen molar-refractivity contribution in [2.24, 2.45) is 11.8 Å². The third-order valence-electron chi connectivity index (χ3n) is 6.16. The predicted octanol–water partition coefficient (Wildman–Crippen LogP) is 8.04. The van der Waals surface area contributed by atoms with Crippen LogP contribution in [0.5, 0.6) is 17.2 Å². The number of benzene rings is 2. The molecule has 0 radical (unpaired) electrons. The lowest BCUT2D eigenvalue weighted by molar-refractivity contribution is 0.195. The Labute approximate surface area is 184 Å². The maximum Gasteiger partial charge on any atom is 0.204 e. The summed E-state index contributed by atoms with van der Waals surface area (Å²) in [6.07, 6.45) is 9.61. The number of rotatable bonds is 15. The van der Waals surface area contributed by atoms with E-state index in [1.54, 1.807) is 7.11 Å². The highest BCUT2D eigenvalue weighted by Gasteiger charge is 2.20. The summed E-state index contributed by atoms with van der Waals surface area (Å²) in [5.41, 5.74) is 0. The minimum atomic E-state index is 0.557. The zero-order chi connectivity index (χ0) is 21.8. The quantitative estimate of drug-likeness (QED) is 0.295. The van der Waals surface area contributed by atoms with Crippen LogP contribution in [0.25, 0.3) is 10.8 Å². The molecule has 2 rings (SSSR count). The molecule has 3 nitrogen and oxygen atoms in total. The van der Waals surface area contributed by atoms with Crippen molar-refractivity contribution in [2.45, 2.75) is 79.1 Å². The molecule has 2 aromatic rings. The molecule has 2 aromatic carbocycles. The molecule has 0 saturated carbocycles. The number of ether oxygens (including phenoxy) is 3. The van der Waals surface area contributed by atoms with Crippen LogP contribution < -0.4 is 14.2 Å². The van der Waals surface area contributed by atoms with E-state index in [4.69, 9.17) is 14.2 Å². The molecule has 30 heavy (non-hydrogen) atoms. The van der Waals surface area contributed by atoms with Gasteiger partial charge in [0.2, 0.25) is 5.75 Å². The van der Waals surface area contributed by atoms with Crippen LogP contribution in [-0.4, -0.2) is 20.3 Å². The van der Waals surface area contributed by atoms with Crippen molar-refractivity contribution in [1.82, 2.24) is 0 Å². The molecule has 0 aliphatic rings. The third-order valence-corrected chi connectivity index (χ3v) is 6.16. The first-order valence-electron chi connectivity index (χ1n) is 12.0. The van der Waals surface area contributed by atoms with E-state index in [0.717, 1.165) is 47.5 Å². The molecule has 0 N–H and O–H groups in total. The topological polar surface area (TPSA) is 27.7 Å². The van der Waals surface area contributed by atoms with E-state index in [1.807, 2.05) is 0 Å². The van der Waals surface area contributed by atoms with Crippen LogP contribution in [-0.2, 0) is 0 Å². The largest absolute Gasteiger partial charge is 0.493 e. The van der Waals surface area contributed by atoms with Crippen LogP contribution in [0.1, 0.15) is 79.1 Å². The Morgan fingerprint density at radius 2 is 1.33 bits per heavy atom. The van der Waals surface area contributed by atoms with E-state index in [9.17, 15) is 0 Å². The predicted molar refractivity (Wildman–Crippen MR) is 128 cm³/mol. The van der Waals surface area contributed by atoms with Crippen LogP contribution in [0.3, 0.4) is 0 Å². The van der Waals surface area contributed by atoms with Gasteiger partial charge in [0.25, 0.3) is 0 Å². The van der Waals surface area contributed by atoms with Crippen LogP contribution in [0, 0.1) is 11.8 Å². The van der Waals surface area contributed by atoms with Crippen molar-refractivity contribution in [1.29, 1.82) is 0 Å². The summed E-state index contributed by atoms with van der Waals surface area (Å²) in [5, 5.41) is 2.22. The maximum absolute atomic E-state index is 6.49. The molecule has 0 heterocycles. The first-order valence-corrected chi connectivity index (χ1v) is 12.0. The van der Waals surface area contributed by atoms with E-state index < -0.39 is 0 Å². The van der Waals surface area contributed by atoms with Gasteiger partial charge in [-0.1, -0.05) is 90.5 Å². The van der Waals surface area contributed by atoms with Crippen LogP contribution >= 0.6 is 0 Å². The Kier molecular flexibility index (Phi) is 10.9. The molecule has 0 aliphatic carbocycles. The van der Waals surface area contributed by atoms with Crippen molar-refractivity contribution >= 4 is 10.8 Å². The van der Waals surface area contributed by atoms with Gasteiger partial charge in [-0.25, -0.2) is 0 Å². The second-order valence-electron chi connectivity index (χ2n) is 8.41. The standard InChI is InChI=1S/C27H42O3/c1-6-10-14-21(8-3)19-29-26-24-17-13-12-16-23(24)18-25(28-5)27(26)30-20-22(9-4)15-11-7-2/h12-13,16-18,21-22H,6-11,14-15,19-20H2,1-5H3. The Bertz CT molecular complexity index is 740. The Morgan fingerprint density at radius 1 is 0.767 bits per heavy atom. The molecule has 0 aromatic heterocycles. The first-order chi connectivity index (χ1) is 14.7. The van der Waals surface area contributed by atoms with E-state index in [0.29, 0.717) is 18.4 Å². The third kappa shape index (κ3) is 6.82. The number of hydrogen-bond donors (Lipinski definition) is 0. The molecule has 2 unspecified atom stereocenters. The van der Waals surface area contributed by atoms with Gasteiger partial charge in [0, 0.05) is 5.39 Å². The van der Waals surface area contributed by atoms with E-state index >= 15 is 0 Å². The molecule has 0 spiro atoms. The lowest BCUT2D eigenvalue weighted by Gasteiger charge is -2.22. The van der Waals surface area contributed by atoms with Crippen molar-refractivity contribution in [3.63, 3.8) is 0 Å². The SMILES string of the molecule is CCCCC(CC)COc1c(OC)cc2ccccc2c1OCC(CC)CCCC. The number of hydrogen-bond acceptors (Lipinski definition) is 3. The molecule has 0 bridgehead atoms. The smallest absolute Gasteiger partial charge is 0.204 e. The molecule has 168 valence electrons. The molecule has 3 heteroatoms. The average Bonchev–Trinajstić information content (AvgIpc) is 2.79. The van der Waals surface area contributed by atoms with Gasteiger partial charge in [-0.3, -0.25) is 0 Å². The molecule has 0 amide bonds. The van der Waals surface area contributed by atoms with Crippen LogP contribution in [0.4, 0.5) is 0 Å². The number of fused-ring (bicyclic) bond motifs is 1. The van der Waals surface area contributed by atoms with Crippen LogP contribution in [0.15, 0.2) is 30.3 Å². The Morgan fingerprint density at radius 3 is 1.87 bits per heavy atom. The van der Waals surface area contributed by atoms with Gasteiger partial charge < -0.3 is 14.2 Å². The monoisotopic (exact) mass is 414 g/mol. The van der Waals surface area contributed by atoms with Crippen molar-refractivity contribution in [3.05, 3.63) is 30.3 Å². The summed E-state index contributed by atoms with van der Waals surface area (Å²) in [6.45, 7) is 10.4. The summed E-state index contributed by atoms with van der Waals surface area (Å²) >= 11 is 0. The molecule has 2 atom stereocenters. The van der Waals surface area contributed by atoms with Gasteiger partial charge in [-0.2, -0.15) is 0 Å². The summed E-state index contributed by atoms with van der Waals surface area (Å²) in [6, 6.07) is 10.4. The van der Waals surface area contributed by atoms with Gasteiger partial charge in [0.15, 0.2) is 11.5 Å². The van der Waals surface area contributed by atoms with Gasteiger partial charge in [0.1, 0.15) is 0 Å². The Balaban J connectivity index is 2.32. The summed E-state index contributed by atoms with van der Waals surface area (Å²) in [4.78, 5) is 0. The second kappa shape index (κ2) is 13.4. The highest BCUT2D eigenvalue weighted by atomic mass is 16.5. The van der Waals surface area contributed by atoms with E-state index in [-0.39, 0.29) is 0 Å². The average molecular weight is 415 g/mol. The fourth-order valence-corrected chi connectivity index (χ4v) is 3.90. The zero-order valence-corrected chi connectivity index (χ0v) is 19.8. The van der Waals surface area contributed by atoms with E-state index in [1.165, 1.54) is 38.5 Å². The maximum atomic E-state index is 6.49. The zero-order valence-electron chi connectivity index (χ0n) is 19.8. The lowest BCUT2D eigenvalue weighted by atomic mass is 10.00. The lowest BCUT2D eigenvalue weighted by Crippen LogP contribution is -2.15. The fraction of sp³-hybridized carbons (Fsp3) is 0.630. The van der Waals surface area contributed by atoms with Gasteiger partial charge >= 0.3 is 0 Å². The molecule has 0 aliphatic heterocycles. The van der Waals surface area contributed by atoms with Gasteiger partial charge in [-0.05, 0) is 36.1 Å². The normalized spacial score (nSPS) is 13.2. The van der Waals surface area contributed by atoms with Crippen LogP contribution in [0.2, 0.25) is 0 Å². The summed E-state index contributed by atoms with van der Waals surface area (Å²) in [7, 11) is 1.71. The number of methoxy groups -OCH3 is 1. The minimum Gasteiger partial charge on any atom is -0.493 e. The van der Waals surface area contributed by atoms with Gasteiger partial charge in [-0.15, -0.1) is 0 Å². The first kappa shape index (κ1) is 24.4. The van der Waals surface area contributed by atoms with Crippen molar-refractivity contribution in [2.75, 3.05) is 20.3 Å². The van der Waals surface area contributed by atoms with Crippen molar-refractivity contribution in [3.8, 4) is 17.2 Å². The highest BCUT2D eigenvalue weighted by molar-refractivity contribution is 5.93. The molecular formula is C27H42O3. The van der Waals surface area contributed by atoms with E-state index in [2.05, 4.69) is 58.0 Å². The Hall–Kier alpha value is -1.90. The van der Waals surface area contributed by atoms with Gasteiger partial charge in [0.05, 0.1) is 20.3 Å². The summed E-state index contributed by atoms with van der Waals surface area (Å²) < 4.78 is 18.6. The highest BCUT2D eigenvalue weighted by Crippen LogP contribution is 2.44. The summed E-state index contributed by atoms with van der Waals surface area (Å²) in [5.74, 6) is 3.48. The second-order valence-corrected chi connectivity index (χ2v) is 8.41. The molecule has 0 fully saturated rings. The number of unbranched alkanes of at least 4 members (excludes halogenated alkanes) is 2. The van der Waals surface area contributed by atoms with Crippen molar-refractivity contribution < 1.29 is 14.2 Å². The fourth-order valence-electron chi connectivity index (χ4n) is 3.90. The molecule has 0 saturated heterocycles. The molecular weight excluding hydrogens is 372 g/mol. The minimum absolute atomic E-state index is 0.557.